The standard InChI is InChI=1S/C11H18O2/c1-9-7-8-12-11(13-9)10-5-3-2-4-6-10/h2-3,9-11H,4-8H2,1H3/t9-,10+,11-/m1/s1. The van der Waals surface area contributed by atoms with E-state index in [0.29, 0.717) is 12.0 Å². The van der Waals surface area contributed by atoms with E-state index in [9.17, 15) is 0 Å². The van der Waals surface area contributed by atoms with Crippen LogP contribution in [0.4, 0.5) is 0 Å². The van der Waals surface area contributed by atoms with Crippen LogP contribution in [0, 0.1) is 5.92 Å². The van der Waals surface area contributed by atoms with Gasteiger partial charge in [-0.3, -0.25) is 0 Å². The van der Waals surface area contributed by atoms with Gasteiger partial charge in [0.1, 0.15) is 0 Å². The summed E-state index contributed by atoms with van der Waals surface area (Å²) in [5.41, 5.74) is 0. The lowest BCUT2D eigenvalue weighted by atomic mass is 9.93. The van der Waals surface area contributed by atoms with Gasteiger partial charge in [-0.1, -0.05) is 12.2 Å². The average molecular weight is 182 g/mol. The van der Waals surface area contributed by atoms with Crippen molar-refractivity contribution >= 4 is 0 Å². The fraction of sp³-hybridized carbons (Fsp3) is 0.818. The van der Waals surface area contributed by atoms with Crippen LogP contribution in [0.3, 0.4) is 0 Å². The summed E-state index contributed by atoms with van der Waals surface area (Å²) >= 11 is 0. The monoisotopic (exact) mass is 182 g/mol. The minimum absolute atomic E-state index is 0.0636. The van der Waals surface area contributed by atoms with Gasteiger partial charge in [-0.25, -0.2) is 0 Å². The lowest BCUT2D eigenvalue weighted by Crippen LogP contribution is -2.36. The topological polar surface area (TPSA) is 18.5 Å². The van der Waals surface area contributed by atoms with Gasteiger partial charge in [0.15, 0.2) is 6.29 Å². The van der Waals surface area contributed by atoms with Gasteiger partial charge in [0.05, 0.1) is 12.7 Å². The molecular formula is C11H18O2. The Kier molecular flexibility index (Phi) is 3.01. The third-order valence-electron chi connectivity index (χ3n) is 2.87. The van der Waals surface area contributed by atoms with E-state index in [-0.39, 0.29) is 6.29 Å². The van der Waals surface area contributed by atoms with Gasteiger partial charge in [0.2, 0.25) is 0 Å². The van der Waals surface area contributed by atoms with E-state index in [1.54, 1.807) is 0 Å². The molecule has 2 aliphatic rings. The quantitative estimate of drug-likeness (QED) is 0.580. The summed E-state index contributed by atoms with van der Waals surface area (Å²) in [6, 6.07) is 0. The van der Waals surface area contributed by atoms with Crippen molar-refractivity contribution in [3.63, 3.8) is 0 Å². The van der Waals surface area contributed by atoms with Gasteiger partial charge in [-0.15, -0.1) is 0 Å². The molecule has 2 heteroatoms. The van der Waals surface area contributed by atoms with E-state index in [0.717, 1.165) is 19.4 Å². The van der Waals surface area contributed by atoms with Crippen LogP contribution in [-0.4, -0.2) is 19.0 Å². The van der Waals surface area contributed by atoms with Crippen LogP contribution in [-0.2, 0) is 9.47 Å². The molecule has 1 aliphatic carbocycles. The third kappa shape index (κ3) is 2.32. The predicted octanol–water partition coefficient (Wildman–Crippen LogP) is 2.49. The minimum atomic E-state index is 0.0636. The molecule has 2 nitrogen and oxygen atoms in total. The number of ether oxygens (including phenoxy) is 2. The maximum Gasteiger partial charge on any atom is 0.161 e. The Morgan fingerprint density at radius 2 is 2.15 bits per heavy atom. The number of hydrogen-bond donors (Lipinski definition) is 0. The first-order chi connectivity index (χ1) is 6.36. The maximum atomic E-state index is 5.77. The molecule has 0 bridgehead atoms. The highest BCUT2D eigenvalue weighted by molar-refractivity contribution is 4.91. The van der Waals surface area contributed by atoms with Crippen molar-refractivity contribution in [2.75, 3.05) is 6.61 Å². The van der Waals surface area contributed by atoms with Crippen molar-refractivity contribution in [3.8, 4) is 0 Å². The van der Waals surface area contributed by atoms with Gasteiger partial charge in [0, 0.05) is 5.92 Å². The second kappa shape index (κ2) is 4.25. The van der Waals surface area contributed by atoms with Crippen LogP contribution in [0.2, 0.25) is 0 Å². The molecule has 1 aliphatic heterocycles. The van der Waals surface area contributed by atoms with Crippen molar-refractivity contribution < 1.29 is 9.47 Å². The molecule has 1 fully saturated rings. The Morgan fingerprint density at radius 1 is 1.23 bits per heavy atom. The van der Waals surface area contributed by atoms with Gasteiger partial charge in [-0.2, -0.15) is 0 Å². The molecule has 1 heterocycles. The van der Waals surface area contributed by atoms with E-state index in [1.807, 2.05) is 0 Å². The first-order valence-electron chi connectivity index (χ1n) is 5.28. The lowest BCUT2D eigenvalue weighted by Gasteiger charge is -2.34. The molecule has 0 N–H and O–H groups in total. The third-order valence-corrected chi connectivity index (χ3v) is 2.87. The molecule has 1 saturated heterocycles. The van der Waals surface area contributed by atoms with Crippen molar-refractivity contribution in [2.45, 2.75) is 45.0 Å². The Hall–Kier alpha value is -0.340. The van der Waals surface area contributed by atoms with E-state index in [1.165, 1.54) is 12.8 Å². The number of allylic oxidation sites excluding steroid dienone is 2. The Bertz CT molecular complexity index is 189. The van der Waals surface area contributed by atoms with Crippen molar-refractivity contribution in [2.24, 2.45) is 5.92 Å². The van der Waals surface area contributed by atoms with Crippen LogP contribution in [0.25, 0.3) is 0 Å². The molecule has 0 aromatic carbocycles. The van der Waals surface area contributed by atoms with E-state index in [4.69, 9.17) is 9.47 Å². The van der Waals surface area contributed by atoms with Crippen LogP contribution in [0.15, 0.2) is 12.2 Å². The normalized spacial score (nSPS) is 40.5. The van der Waals surface area contributed by atoms with Gasteiger partial charge < -0.3 is 9.47 Å². The molecule has 13 heavy (non-hydrogen) atoms. The summed E-state index contributed by atoms with van der Waals surface area (Å²) in [7, 11) is 0. The van der Waals surface area contributed by atoms with Crippen LogP contribution in [0.5, 0.6) is 0 Å². The highest BCUT2D eigenvalue weighted by Gasteiger charge is 2.27. The molecular weight excluding hydrogens is 164 g/mol. The van der Waals surface area contributed by atoms with E-state index >= 15 is 0 Å². The minimum Gasteiger partial charge on any atom is -0.352 e. The fourth-order valence-electron chi connectivity index (χ4n) is 2.00. The second-order valence-electron chi connectivity index (χ2n) is 4.02. The summed E-state index contributed by atoms with van der Waals surface area (Å²) in [5, 5.41) is 0. The Balaban J connectivity index is 1.88. The highest BCUT2D eigenvalue weighted by atomic mass is 16.7. The van der Waals surface area contributed by atoms with Crippen molar-refractivity contribution in [1.29, 1.82) is 0 Å². The zero-order valence-corrected chi connectivity index (χ0v) is 8.24. The van der Waals surface area contributed by atoms with Crippen LogP contribution in [0.1, 0.15) is 32.6 Å². The zero-order valence-electron chi connectivity index (χ0n) is 8.24. The number of hydrogen-bond acceptors (Lipinski definition) is 2. The first kappa shape index (κ1) is 9.22. The van der Waals surface area contributed by atoms with Crippen LogP contribution >= 0.6 is 0 Å². The molecule has 0 saturated carbocycles. The molecule has 0 amide bonds. The summed E-state index contributed by atoms with van der Waals surface area (Å²) in [4.78, 5) is 0. The summed E-state index contributed by atoms with van der Waals surface area (Å²) in [5.74, 6) is 0.591. The fourth-order valence-corrected chi connectivity index (χ4v) is 2.00. The molecule has 0 unspecified atom stereocenters. The summed E-state index contributed by atoms with van der Waals surface area (Å²) in [6.45, 7) is 3.00. The Labute approximate surface area is 79.9 Å². The largest absolute Gasteiger partial charge is 0.352 e. The molecule has 2 rings (SSSR count). The summed E-state index contributed by atoms with van der Waals surface area (Å²) in [6.07, 6.45) is 9.51. The lowest BCUT2D eigenvalue weighted by molar-refractivity contribution is -0.232. The molecule has 0 spiro atoms. The molecule has 3 atom stereocenters. The van der Waals surface area contributed by atoms with Crippen molar-refractivity contribution in [1.82, 2.24) is 0 Å². The smallest absolute Gasteiger partial charge is 0.161 e. The first-order valence-corrected chi connectivity index (χ1v) is 5.28. The second-order valence-corrected chi connectivity index (χ2v) is 4.02. The molecule has 74 valence electrons. The van der Waals surface area contributed by atoms with Crippen molar-refractivity contribution in [3.05, 3.63) is 12.2 Å². The SMILES string of the molecule is C[C@@H]1CCO[C@@H]([C@H]2CC=CCC2)O1. The molecule has 0 aromatic heterocycles. The van der Waals surface area contributed by atoms with E-state index < -0.39 is 0 Å². The van der Waals surface area contributed by atoms with E-state index in [2.05, 4.69) is 19.1 Å². The van der Waals surface area contributed by atoms with Crippen LogP contribution < -0.4 is 0 Å². The molecule has 0 radical (unpaired) electrons. The highest BCUT2D eigenvalue weighted by Crippen LogP contribution is 2.27. The van der Waals surface area contributed by atoms with Gasteiger partial charge in [0.25, 0.3) is 0 Å². The molecule has 0 aromatic rings. The van der Waals surface area contributed by atoms with Gasteiger partial charge in [-0.05, 0) is 32.6 Å². The number of rotatable bonds is 1. The van der Waals surface area contributed by atoms with Gasteiger partial charge >= 0.3 is 0 Å². The maximum absolute atomic E-state index is 5.77. The zero-order chi connectivity index (χ0) is 9.10. The average Bonchev–Trinajstić information content (AvgIpc) is 2.19. The summed E-state index contributed by atoms with van der Waals surface area (Å²) < 4.78 is 11.4. The Morgan fingerprint density at radius 3 is 2.85 bits per heavy atom. The predicted molar refractivity (Wildman–Crippen MR) is 51.4 cm³/mol.